The minimum Gasteiger partial charge on any atom is -0.417 e. The predicted octanol–water partition coefficient (Wildman–Crippen LogP) is 5.04. The van der Waals surface area contributed by atoms with Crippen molar-refractivity contribution in [1.29, 1.82) is 0 Å². The maximum Gasteiger partial charge on any atom is 0.191 e. The number of rotatable bonds is 6. The molecule has 1 rings (SSSR count). The van der Waals surface area contributed by atoms with Gasteiger partial charge in [-0.05, 0) is 49.3 Å². The highest BCUT2D eigenvalue weighted by molar-refractivity contribution is 6.74. The van der Waals surface area contributed by atoms with Crippen LogP contribution >= 0.6 is 0 Å². The number of azide groups is 1. The minimum atomic E-state index is -1.65. The minimum absolute atomic E-state index is 0.252. The van der Waals surface area contributed by atoms with E-state index in [2.05, 4.69) is 43.9 Å². The van der Waals surface area contributed by atoms with Crippen LogP contribution in [0.3, 0.4) is 0 Å². The molecule has 0 aromatic rings. The molecule has 1 aliphatic rings. The highest BCUT2D eigenvalue weighted by Gasteiger charge is 2.51. The van der Waals surface area contributed by atoms with Crippen LogP contribution in [0.25, 0.3) is 10.4 Å². The van der Waals surface area contributed by atoms with Crippen molar-refractivity contribution < 1.29 is 4.43 Å². The molecule has 0 heterocycles. The Morgan fingerprint density at radius 3 is 2.58 bits per heavy atom. The third-order valence-electron chi connectivity index (χ3n) is 4.54. The monoisotopic (exact) mass is 281 g/mol. The molecule has 0 aliphatic heterocycles. The average molecular weight is 281 g/mol. The van der Waals surface area contributed by atoms with Gasteiger partial charge in [0.25, 0.3) is 0 Å². The molecule has 0 unspecified atom stereocenters. The molecule has 0 bridgehead atoms. The molecule has 0 aromatic heterocycles. The summed E-state index contributed by atoms with van der Waals surface area (Å²) in [5.41, 5.74) is 8.38. The van der Waals surface area contributed by atoms with E-state index in [1.165, 1.54) is 0 Å². The summed E-state index contributed by atoms with van der Waals surface area (Å²) < 4.78 is 6.17. The normalized spacial score (nSPS) is 27.4. The highest BCUT2D eigenvalue weighted by atomic mass is 28.4. The van der Waals surface area contributed by atoms with Crippen LogP contribution in [-0.4, -0.2) is 20.5 Å². The predicted molar refractivity (Wildman–Crippen MR) is 82.6 cm³/mol. The van der Waals surface area contributed by atoms with Gasteiger partial charge < -0.3 is 4.43 Å². The summed E-state index contributed by atoms with van der Waals surface area (Å²) in [5, 5.41) is 4.20. The Bertz CT molecular complexity index is 394. The molecule has 1 saturated carbocycles. The van der Waals surface area contributed by atoms with E-state index in [0.29, 0.717) is 5.92 Å². The Morgan fingerprint density at radius 1 is 1.47 bits per heavy atom. The van der Waals surface area contributed by atoms with Gasteiger partial charge in [0.1, 0.15) is 0 Å². The molecular weight excluding hydrogens is 254 g/mol. The van der Waals surface area contributed by atoms with Crippen LogP contribution in [0.1, 0.15) is 40.5 Å². The van der Waals surface area contributed by atoms with E-state index in [9.17, 15) is 0 Å². The van der Waals surface area contributed by atoms with Crippen LogP contribution in [0.15, 0.2) is 17.3 Å². The smallest absolute Gasteiger partial charge is 0.191 e. The van der Waals surface area contributed by atoms with E-state index < -0.39 is 8.32 Å². The Morgan fingerprint density at radius 2 is 2.11 bits per heavy atom. The van der Waals surface area contributed by atoms with Gasteiger partial charge in [0.05, 0.1) is 5.54 Å². The zero-order chi connectivity index (χ0) is 14.7. The lowest BCUT2D eigenvalue weighted by Crippen LogP contribution is -2.41. The molecule has 4 nitrogen and oxygen atoms in total. The van der Waals surface area contributed by atoms with Gasteiger partial charge in [0, 0.05) is 11.5 Å². The van der Waals surface area contributed by atoms with Crippen molar-refractivity contribution in [3.63, 3.8) is 0 Å². The van der Waals surface area contributed by atoms with Crippen molar-refractivity contribution in [3.05, 3.63) is 22.6 Å². The van der Waals surface area contributed by atoms with E-state index >= 15 is 0 Å². The van der Waals surface area contributed by atoms with Crippen LogP contribution in [0.2, 0.25) is 18.1 Å². The lowest BCUT2D eigenvalue weighted by atomic mass is 10.1. The van der Waals surface area contributed by atoms with Crippen molar-refractivity contribution in [2.75, 3.05) is 6.61 Å². The highest BCUT2D eigenvalue weighted by Crippen LogP contribution is 2.51. The van der Waals surface area contributed by atoms with Crippen LogP contribution in [-0.2, 0) is 4.43 Å². The molecule has 19 heavy (non-hydrogen) atoms. The number of hydrogen-bond acceptors (Lipinski definition) is 2. The van der Waals surface area contributed by atoms with Crippen molar-refractivity contribution in [2.45, 2.75) is 64.2 Å². The van der Waals surface area contributed by atoms with Crippen LogP contribution in [0, 0.1) is 5.92 Å². The molecule has 0 radical (unpaired) electrons. The summed E-state index contributed by atoms with van der Waals surface area (Å²) >= 11 is 0. The van der Waals surface area contributed by atoms with E-state index in [1.807, 2.05) is 19.1 Å². The van der Waals surface area contributed by atoms with Crippen LogP contribution in [0.4, 0.5) is 0 Å². The molecule has 0 spiro atoms. The third kappa shape index (κ3) is 3.85. The molecule has 1 aliphatic carbocycles. The quantitative estimate of drug-likeness (QED) is 0.221. The number of allylic oxidation sites excluding steroid dienone is 1. The second-order valence-corrected chi connectivity index (χ2v) is 11.8. The Hall–Kier alpha value is -0.773. The summed E-state index contributed by atoms with van der Waals surface area (Å²) in [6.07, 6.45) is 5.95. The van der Waals surface area contributed by atoms with Gasteiger partial charge in [-0.1, -0.05) is 38.0 Å². The van der Waals surface area contributed by atoms with Crippen molar-refractivity contribution in [2.24, 2.45) is 11.0 Å². The van der Waals surface area contributed by atoms with Crippen molar-refractivity contribution in [1.82, 2.24) is 0 Å². The molecule has 1 fully saturated rings. The molecular formula is C14H27N3OSi. The second-order valence-electron chi connectivity index (χ2n) is 6.98. The fraction of sp³-hybridized carbons (Fsp3) is 0.857. The van der Waals surface area contributed by atoms with Gasteiger partial charge in [-0.3, -0.25) is 0 Å². The maximum absolute atomic E-state index is 8.65. The standard InChI is InChI=1S/C14H27N3OSi/c1-7-9-14(16-17-15)11-12(14)8-10-18-19(5,6)13(2,3)4/h7,9,12H,8,10-11H2,1-6H3/b9-7+/t12-,14+/m1/s1. The van der Waals surface area contributed by atoms with Crippen LogP contribution in [0.5, 0.6) is 0 Å². The fourth-order valence-corrected chi connectivity index (χ4v) is 3.15. The molecule has 0 saturated heterocycles. The SMILES string of the molecule is C/C=C/[C@]1(N=[N+]=[N-])C[C@H]1CCO[Si](C)(C)C(C)(C)C. The van der Waals surface area contributed by atoms with E-state index in [0.717, 1.165) is 19.4 Å². The van der Waals surface area contributed by atoms with Gasteiger partial charge >= 0.3 is 0 Å². The zero-order valence-electron chi connectivity index (χ0n) is 13.1. The topological polar surface area (TPSA) is 58.0 Å². The van der Waals surface area contributed by atoms with Gasteiger partial charge in [-0.15, -0.1) is 0 Å². The number of nitrogens with zero attached hydrogens (tertiary/aromatic N) is 3. The number of hydrogen-bond donors (Lipinski definition) is 0. The Labute approximate surface area is 118 Å². The summed E-state index contributed by atoms with van der Waals surface area (Å²) in [7, 11) is -1.65. The molecule has 0 amide bonds. The summed E-state index contributed by atoms with van der Waals surface area (Å²) in [5.74, 6) is 0.448. The molecule has 0 N–H and O–H groups in total. The summed E-state index contributed by atoms with van der Waals surface area (Å²) in [6, 6.07) is 0. The Balaban J connectivity index is 2.47. The first-order chi connectivity index (χ1) is 8.68. The van der Waals surface area contributed by atoms with Crippen molar-refractivity contribution in [3.8, 4) is 0 Å². The molecule has 0 aromatic carbocycles. The fourth-order valence-electron chi connectivity index (χ4n) is 2.09. The molecule has 2 atom stereocenters. The van der Waals surface area contributed by atoms with Gasteiger partial charge in [-0.25, -0.2) is 0 Å². The van der Waals surface area contributed by atoms with E-state index in [1.54, 1.807) is 0 Å². The summed E-state index contributed by atoms with van der Waals surface area (Å²) in [4.78, 5) is 2.98. The first-order valence-electron chi connectivity index (χ1n) is 7.02. The average Bonchev–Trinajstić information content (AvgIpc) is 2.90. The second kappa shape index (κ2) is 5.69. The largest absolute Gasteiger partial charge is 0.417 e. The third-order valence-corrected chi connectivity index (χ3v) is 9.08. The first-order valence-corrected chi connectivity index (χ1v) is 9.93. The van der Waals surface area contributed by atoms with E-state index in [-0.39, 0.29) is 10.6 Å². The molecule has 5 heteroatoms. The lowest BCUT2D eigenvalue weighted by molar-refractivity contribution is 0.272. The zero-order valence-corrected chi connectivity index (χ0v) is 14.1. The first kappa shape index (κ1) is 16.3. The van der Waals surface area contributed by atoms with Crippen molar-refractivity contribution >= 4 is 8.32 Å². The van der Waals surface area contributed by atoms with E-state index in [4.69, 9.17) is 9.96 Å². The molecule has 108 valence electrons. The maximum atomic E-state index is 8.65. The van der Waals surface area contributed by atoms with Gasteiger partial charge in [0.2, 0.25) is 0 Å². The van der Waals surface area contributed by atoms with Gasteiger partial charge in [0.15, 0.2) is 8.32 Å². The Kier molecular flexibility index (Phi) is 4.88. The van der Waals surface area contributed by atoms with Crippen LogP contribution < -0.4 is 0 Å². The van der Waals surface area contributed by atoms with Gasteiger partial charge in [-0.2, -0.15) is 0 Å². The lowest BCUT2D eigenvalue weighted by Gasteiger charge is -2.36. The summed E-state index contributed by atoms with van der Waals surface area (Å²) in [6.45, 7) is 14.0.